The van der Waals surface area contributed by atoms with E-state index < -0.39 is 0 Å². The van der Waals surface area contributed by atoms with Gasteiger partial charge in [0.1, 0.15) is 22.3 Å². The van der Waals surface area contributed by atoms with E-state index in [1.807, 2.05) is 0 Å². The Labute approximate surface area is 170 Å². The summed E-state index contributed by atoms with van der Waals surface area (Å²) in [5, 5.41) is 1.16. The molecular weight excluding hydrogens is 418 g/mol. The summed E-state index contributed by atoms with van der Waals surface area (Å²) in [6.45, 7) is 0. The summed E-state index contributed by atoms with van der Waals surface area (Å²) in [6, 6.07) is 12.9. The minimum Gasteiger partial charge on any atom is -0.454 e. The number of nitrogens with two attached hydrogens (primary N) is 2. The van der Waals surface area contributed by atoms with Gasteiger partial charge in [-0.15, -0.1) is 0 Å². The molecule has 0 saturated heterocycles. The van der Waals surface area contributed by atoms with Crippen molar-refractivity contribution >= 4 is 57.8 Å². The van der Waals surface area contributed by atoms with Gasteiger partial charge in [-0.2, -0.15) is 0 Å². The molecule has 26 heavy (non-hydrogen) atoms. The number of nitrogen functional groups attached to an aromatic ring is 2. The van der Waals surface area contributed by atoms with E-state index in [1.165, 1.54) is 0 Å². The van der Waals surface area contributed by atoms with Crippen molar-refractivity contribution in [3.63, 3.8) is 0 Å². The average molecular weight is 430 g/mol. The molecule has 0 aliphatic rings. The van der Waals surface area contributed by atoms with Gasteiger partial charge in [0.15, 0.2) is 5.75 Å². The quantitative estimate of drug-likeness (QED) is 0.436. The predicted molar refractivity (Wildman–Crippen MR) is 108 cm³/mol. The summed E-state index contributed by atoms with van der Waals surface area (Å²) < 4.78 is 11.5. The van der Waals surface area contributed by atoms with E-state index in [-0.39, 0.29) is 15.8 Å². The van der Waals surface area contributed by atoms with Crippen LogP contribution in [0.4, 0.5) is 11.4 Å². The van der Waals surface area contributed by atoms with Crippen LogP contribution >= 0.6 is 46.4 Å². The van der Waals surface area contributed by atoms with E-state index >= 15 is 0 Å². The Bertz CT molecular complexity index is 980. The maximum absolute atomic E-state index is 6.42. The minimum absolute atomic E-state index is 0.148. The molecule has 3 rings (SSSR count). The maximum atomic E-state index is 6.42. The summed E-state index contributed by atoms with van der Waals surface area (Å²) in [5.41, 5.74) is 12.5. The van der Waals surface area contributed by atoms with Crippen LogP contribution in [-0.2, 0) is 0 Å². The zero-order valence-electron chi connectivity index (χ0n) is 13.1. The molecule has 0 unspecified atom stereocenters. The smallest absolute Gasteiger partial charge is 0.168 e. The fourth-order valence-corrected chi connectivity index (χ4v) is 2.91. The highest BCUT2D eigenvalue weighted by Crippen LogP contribution is 2.45. The minimum atomic E-state index is 0.148. The summed E-state index contributed by atoms with van der Waals surface area (Å²) in [4.78, 5) is 0. The summed E-state index contributed by atoms with van der Waals surface area (Å²) >= 11 is 24.9. The van der Waals surface area contributed by atoms with Crippen molar-refractivity contribution in [1.29, 1.82) is 0 Å². The van der Waals surface area contributed by atoms with Crippen LogP contribution in [0.25, 0.3) is 0 Å². The van der Waals surface area contributed by atoms with Gasteiger partial charge in [-0.25, -0.2) is 0 Å². The molecule has 0 aromatic heterocycles. The standard InChI is InChI=1S/C18H12Cl4N2O2/c19-11-3-1-9(23)7-15(11)25-14-6-5-13(21)18(17(14)22)26-16-8-10(24)2-4-12(16)20/h1-8H,23-24H2. The molecule has 0 aliphatic heterocycles. The Hall–Kier alpha value is -1.98. The van der Waals surface area contributed by atoms with E-state index in [2.05, 4.69) is 0 Å². The lowest BCUT2D eigenvalue weighted by Gasteiger charge is -2.15. The topological polar surface area (TPSA) is 70.5 Å². The molecule has 4 N–H and O–H groups in total. The molecule has 0 spiro atoms. The number of anilines is 2. The summed E-state index contributed by atoms with van der Waals surface area (Å²) in [6.07, 6.45) is 0. The van der Waals surface area contributed by atoms with E-state index in [4.69, 9.17) is 67.3 Å². The lowest BCUT2D eigenvalue weighted by atomic mass is 10.2. The van der Waals surface area contributed by atoms with Gasteiger partial charge in [-0.05, 0) is 36.4 Å². The van der Waals surface area contributed by atoms with Crippen molar-refractivity contribution in [2.75, 3.05) is 11.5 Å². The summed E-state index contributed by atoms with van der Waals surface area (Å²) in [5.74, 6) is 1.13. The van der Waals surface area contributed by atoms with Crippen molar-refractivity contribution in [3.05, 3.63) is 68.6 Å². The highest BCUT2D eigenvalue weighted by Gasteiger charge is 2.17. The molecule has 8 heteroatoms. The fraction of sp³-hybridized carbons (Fsp3) is 0. The molecule has 0 heterocycles. The zero-order valence-corrected chi connectivity index (χ0v) is 16.1. The molecule has 0 fully saturated rings. The molecular formula is C18H12Cl4N2O2. The first-order chi connectivity index (χ1) is 12.3. The molecule has 0 amide bonds. The molecule has 0 radical (unpaired) electrons. The van der Waals surface area contributed by atoms with E-state index in [0.717, 1.165) is 0 Å². The molecule has 3 aromatic carbocycles. The second kappa shape index (κ2) is 7.72. The molecule has 0 bridgehead atoms. The van der Waals surface area contributed by atoms with Gasteiger partial charge in [0.2, 0.25) is 0 Å². The second-order valence-electron chi connectivity index (χ2n) is 5.27. The van der Waals surface area contributed by atoms with Crippen LogP contribution in [0.3, 0.4) is 0 Å². The van der Waals surface area contributed by atoms with Crippen LogP contribution in [0, 0.1) is 0 Å². The molecule has 3 aromatic rings. The SMILES string of the molecule is Nc1ccc(Cl)c(Oc2ccc(Cl)c(Oc3cc(N)ccc3Cl)c2Cl)c1. The van der Waals surface area contributed by atoms with Gasteiger partial charge in [0, 0.05) is 23.5 Å². The van der Waals surface area contributed by atoms with E-state index in [0.29, 0.717) is 38.7 Å². The van der Waals surface area contributed by atoms with Crippen LogP contribution in [0.1, 0.15) is 0 Å². The zero-order chi connectivity index (χ0) is 18.8. The van der Waals surface area contributed by atoms with Crippen LogP contribution in [-0.4, -0.2) is 0 Å². The predicted octanol–water partition coefficient (Wildman–Crippen LogP) is 7.05. The monoisotopic (exact) mass is 428 g/mol. The van der Waals surface area contributed by atoms with Crippen LogP contribution < -0.4 is 20.9 Å². The van der Waals surface area contributed by atoms with Gasteiger partial charge in [0.25, 0.3) is 0 Å². The molecule has 134 valence electrons. The Balaban J connectivity index is 1.98. The van der Waals surface area contributed by atoms with Crippen molar-refractivity contribution in [3.8, 4) is 23.0 Å². The first-order valence-corrected chi connectivity index (χ1v) is 8.80. The number of hydrogen-bond donors (Lipinski definition) is 2. The van der Waals surface area contributed by atoms with Crippen molar-refractivity contribution < 1.29 is 9.47 Å². The Morgan fingerprint density at radius 3 is 1.65 bits per heavy atom. The Morgan fingerprint density at radius 1 is 0.577 bits per heavy atom. The lowest BCUT2D eigenvalue weighted by molar-refractivity contribution is 0.461. The second-order valence-corrected chi connectivity index (χ2v) is 6.87. The van der Waals surface area contributed by atoms with Crippen molar-refractivity contribution in [2.24, 2.45) is 0 Å². The van der Waals surface area contributed by atoms with Gasteiger partial charge >= 0.3 is 0 Å². The van der Waals surface area contributed by atoms with Gasteiger partial charge in [-0.3, -0.25) is 0 Å². The molecule has 4 nitrogen and oxygen atoms in total. The largest absolute Gasteiger partial charge is 0.454 e. The Morgan fingerprint density at radius 2 is 1.08 bits per heavy atom. The van der Waals surface area contributed by atoms with Crippen molar-refractivity contribution in [2.45, 2.75) is 0 Å². The normalized spacial score (nSPS) is 10.6. The number of ether oxygens (including phenoxy) is 2. The van der Waals surface area contributed by atoms with Gasteiger partial charge in [-0.1, -0.05) is 46.4 Å². The van der Waals surface area contributed by atoms with E-state index in [9.17, 15) is 0 Å². The first-order valence-electron chi connectivity index (χ1n) is 7.29. The molecule has 0 atom stereocenters. The van der Waals surface area contributed by atoms with Gasteiger partial charge in [0.05, 0.1) is 15.1 Å². The Kier molecular flexibility index (Phi) is 5.58. The number of halogens is 4. The van der Waals surface area contributed by atoms with Crippen LogP contribution in [0.2, 0.25) is 20.1 Å². The van der Waals surface area contributed by atoms with E-state index in [1.54, 1.807) is 48.5 Å². The highest BCUT2D eigenvalue weighted by atomic mass is 35.5. The third-order valence-corrected chi connectivity index (χ3v) is 4.64. The fourth-order valence-electron chi connectivity index (χ4n) is 2.11. The molecule has 0 aliphatic carbocycles. The highest BCUT2D eigenvalue weighted by molar-refractivity contribution is 6.38. The number of hydrogen-bond acceptors (Lipinski definition) is 4. The van der Waals surface area contributed by atoms with Crippen LogP contribution in [0.5, 0.6) is 23.0 Å². The maximum Gasteiger partial charge on any atom is 0.168 e. The third-order valence-electron chi connectivity index (χ3n) is 3.36. The van der Waals surface area contributed by atoms with Crippen molar-refractivity contribution in [1.82, 2.24) is 0 Å². The lowest BCUT2D eigenvalue weighted by Crippen LogP contribution is -1.94. The third kappa shape index (κ3) is 4.05. The first kappa shape index (κ1) is 18.8. The van der Waals surface area contributed by atoms with Crippen LogP contribution in [0.15, 0.2) is 48.5 Å². The average Bonchev–Trinajstić information content (AvgIpc) is 2.60. The molecule has 0 saturated carbocycles. The number of rotatable bonds is 4. The number of benzene rings is 3. The summed E-state index contributed by atoms with van der Waals surface area (Å²) in [7, 11) is 0. The van der Waals surface area contributed by atoms with Gasteiger partial charge < -0.3 is 20.9 Å².